The van der Waals surface area contributed by atoms with E-state index in [0.717, 1.165) is 5.56 Å². The van der Waals surface area contributed by atoms with Gasteiger partial charge in [-0.15, -0.1) is 0 Å². The highest BCUT2D eigenvalue weighted by atomic mass is 35.5. The number of rotatable bonds is 5. The maximum Gasteiger partial charge on any atom is 0.261 e. The van der Waals surface area contributed by atoms with Crippen molar-refractivity contribution >= 4 is 46.6 Å². The Labute approximate surface area is 200 Å². The van der Waals surface area contributed by atoms with Gasteiger partial charge in [0.25, 0.3) is 5.91 Å². The number of imide groups is 1. The molecule has 4 rings (SSSR count). The first-order valence-corrected chi connectivity index (χ1v) is 11.2. The monoisotopic (exact) mass is 485 g/mol. The molecule has 0 spiro atoms. The number of nitrogens with zero attached hydrogens (tertiary/aromatic N) is 1. The first-order chi connectivity index (χ1) is 15.8. The Morgan fingerprint density at radius 1 is 1.15 bits per heavy atom. The summed E-state index contributed by atoms with van der Waals surface area (Å²) in [6.07, 6.45) is 1.29. The van der Waals surface area contributed by atoms with Crippen molar-refractivity contribution in [2.24, 2.45) is 0 Å². The number of carbonyl (C=O) groups is 3. The summed E-state index contributed by atoms with van der Waals surface area (Å²) in [6.45, 7) is 3.55. The van der Waals surface area contributed by atoms with E-state index in [1.54, 1.807) is 49.4 Å². The molecular formula is C24H21Cl2N3O4. The fourth-order valence-corrected chi connectivity index (χ4v) is 4.74. The van der Waals surface area contributed by atoms with Crippen LogP contribution in [0.5, 0.6) is 0 Å². The summed E-state index contributed by atoms with van der Waals surface area (Å²) in [7, 11) is 0. The summed E-state index contributed by atoms with van der Waals surface area (Å²) in [5.41, 5.74) is 1.45. The number of hydrogen-bond acceptors (Lipinski definition) is 5. The third kappa shape index (κ3) is 4.14. The van der Waals surface area contributed by atoms with Crippen LogP contribution >= 0.6 is 23.2 Å². The molecule has 3 aromatic rings. The van der Waals surface area contributed by atoms with Gasteiger partial charge in [-0.1, -0.05) is 53.5 Å². The van der Waals surface area contributed by atoms with Gasteiger partial charge in [0.2, 0.25) is 11.8 Å². The van der Waals surface area contributed by atoms with E-state index >= 15 is 0 Å². The summed E-state index contributed by atoms with van der Waals surface area (Å²) in [6, 6.07) is 12.0. The molecule has 3 amide bonds. The van der Waals surface area contributed by atoms with Crippen LogP contribution in [0.1, 0.15) is 47.9 Å². The normalized spacial score (nSPS) is 18.2. The molecule has 1 aliphatic rings. The van der Waals surface area contributed by atoms with Crippen LogP contribution in [0, 0.1) is 6.92 Å². The van der Waals surface area contributed by atoms with E-state index in [1.165, 1.54) is 0 Å². The van der Waals surface area contributed by atoms with Crippen molar-refractivity contribution in [2.75, 3.05) is 5.32 Å². The Kier molecular flexibility index (Phi) is 6.28. The molecule has 2 N–H and O–H groups in total. The highest BCUT2D eigenvalue weighted by molar-refractivity contribution is 6.39. The van der Waals surface area contributed by atoms with E-state index < -0.39 is 11.3 Å². The molecule has 2 heterocycles. The smallest absolute Gasteiger partial charge is 0.261 e. The van der Waals surface area contributed by atoms with Crippen molar-refractivity contribution in [1.29, 1.82) is 0 Å². The Bertz CT molecular complexity index is 1230. The van der Waals surface area contributed by atoms with E-state index in [1.807, 2.05) is 6.92 Å². The number of amides is 3. The van der Waals surface area contributed by atoms with Crippen LogP contribution in [0.4, 0.5) is 5.69 Å². The maximum atomic E-state index is 13.1. The molecule has 0 radical (unpaired) electrons. The number of piperidine rings is 1. The van der Waals surface area contributed by atoms with E-state index in [-0.39, 0.29) is 29.5 Å². The fourth-order valence-electron chi connectivity index (χ4n) is 4.17. The lowest BCUT2D eigenvalue weighted by Gasteiger charge is -2.35. The van der Waals surface area contributed by atoms with Gasteiger partial charge in [0.1, 0.15) is 17.0 Å². The number of nitrogens with one attached hydrogen (secondary N) is 2. The molecule has 1 fully saturated rings. The standard InChI is InChI=1S/C24H21Cl2N3O4/c1-3-24(12-11-18(30)28-23(24)32)14-7-9-15(10-8-14)27-22(31)19-13(2)33-29-21(19)20-16(25)5-4-6-17(20)26/h4-10H,3,11-12H2,1-2H3,(H,27,31)(H,28,30,32). The lowest BCUT2D eigenvalue weighted by atomic mass is 9.72. The topological polar surface area (TPSA) is 101 Å². The van der Waals surface area contributed by atoms with Crippen LogP contribution in [0.3, 0.4) is 0 Å². The lowest BCUT2D eigenvalue weighted by molar-refractivity contribution is -0.138. The summed E-state index contributed by atoms with van der Waals surface area (Å²) < 4.78 is 5.27. The molecule has 33 heavy (non-hydrogen) atoms. The zero-order valence-corrected chi connectivity index (χ0v) is 19.5. The molecule has 9 heteroatoms. The Balaban J connectivity index is 1.61. The Hall–Kier alpha value is -3.16. The molecule has 1 saturated heterocycles. The van der Waals surface area contributed by atoms with Crippen LogP contribution < -0.4 is 10.6 Å². The van der Waals surface area contributed by atoms with Crippen molar-refractivity contribution in [1.82, 2.24) is 10.5 Å². The maximum absolute atomic E-state index is 13.1. The summed E-state index contributed by atoms with van der Waals surface area (Å²) >= 11 is 12.6. The number of hydrogen-bond donors (Lipinski definition) is 2. The quantitative estimate of drug-likeness (QED) is 0.477. The van der Waals surface area contributed by atoms with Crippen LogP contribution in [0.15, 0.2) is 47.0 Å². The van der Waals surface area contributed by atoms with Gasteiger partial charge < -0.3 is 9.84 Å². The van der Waals surface area contributed by atoms with Gasteiger partial charge in [-0.25, -0.2) is 0 Å². The SMILES string of the molecule is CCC1(c2ccc(NC(=O)c3c(-c4c(Cl)cccc4Cl)noc3C)cc2)CCC(=O)NC1=O. The van der Waals surface area contributed by atoms with Crippen LogP contribution in [0.2, 0.25) is 10.0 Å². The van der Waals surface area contributed by atoms with Gasteiger partial charge >= 0.3 is 0 Å². The largest absolute Gasteiger partial charge is 0.360 e. The molecule has 0 bridgehead atoms. The third-order valence-corrected chi connectivity index (χ3v) is 6.68. The van der Waals surface area contributed by atoms with Crippen LogP contribution in [-0.2, 0) is 15.0 Å². The minimum Gasteiger partial charge on any atom is -0.360 e. The lowest BCUT2D eigenvalue weighted by Crippen LogP contribution is -2.51. The van der Waals surface area contributed by atoms with Gasteiger partial charge in [-0.3, -0.25) is 19.7 Å². The zero-order valence-electron chi connectivity index (χ0n) is 18.0. The third-order valence-electron chi connectivity index (χ3n) is 6.05. The molecule has 0 saturated carbocycles. The van der Waals surface area contributed by atoms with Crippen molar-refractivity contribution in [2.45, 2.75) is 38.5 Å². The first-order valence-electron chi connectivity index (χ1n) is 10.4. The number of anilines is 1. The van der Waals surface area contributed by atoms with Gasteiger partial charge in [0.05, 0.1) is 15.5 Å². The van der Waals surface area contributed by atoms with E-state index in [4.69, 9.17) is 27.7 Å². The average Bonchev–Trinajstić information content (AvgIpc) is 3.16. The van der Waals surface area contributed by atoms with Gasteiger partial charge in [-0.2, -0.15) is 0 Å². The van der Waals surface area contributed by atoms with E-state index in [0.29, 0.717) is 39.9 Å². The molecule has 0 aliphatic carbocycles. The molecule has 1 aliphatic heterocycles. The molecule has 1 aromatic heterocycles. The van der Waals surface area contributed by atoms with Crippen LogP contribution in [0.25, 0.3) is 11.3 Å². The van der Waals surface area contributed by atoms with Crippen molar-refractivity contribution in [3.05, 3.63) is 69.4 Å². The Morgan fingerprint density at radius 3 is 2.42 bits per heavy atom. The molecule has 1 unspecified atom stereocenters. The van der Waals surface area contributed by atoms with Crippen LogP contribution in [-0.4, -0.2) is 22.9 Å². The minimum atomic E-state index is -0.768. The highest BCUT2D eigenvalue weighted by Gasteiger charge is 2.42. The van der Waals surface area contributed by atoms with E-state index in [2.05, 4.69) is 15.8 Å². The predicted octanol–water partition coefficient (Wildman–Crippen LogP) is 5.29. The molecular weight excluding hydrogens is 465 g/mol. The number of aromatic nitrogens is 1. The highest BCUT2D eigenvalue weighted by Crippen LogP contribution is 2.38. The van der Waals surface area contributed by atoms with Gasteiger partial charge in [-0.05, 0) is 49.6 Å². The fraction of sp³-hybridized carbons (Fsp3) is 0.250. The number of carbonyl (C=O) groups excluding carboxylic acids is 3. The van der Waals surface area contributed by atoms with Gasteiger partial charge in [0.15, 0.2) is 0 Å². The second-order valence-electron chi connectivity index (χ2n) is 7.90. The zero-order chi connectivity index (χ0) is 23.8. The first kappa shape index (κ1) is 23.0. The minimum absolute atomic E-state index is 0.226. The summed E-state index contributed by atoms with van der Waals surface area (Å²) in [5, 5.41) is 9.97. The second-order valence-corrected chi connectivity index (χ2v) is 8.72. The van der Waals surface area contributed by atoms with Crippen molar-refractivity contribution in [3.8, 4) is 11.3 Å². The van der Waals surface area contributed by atoms with E-state index in [9.17, 15) is 14.4 Å². The molecule has 170 valence electrons. The predicted molar refractivity (Wildman–Crippen MR) is 125 cm³/mol. The summed E-state index contributed by atoms with van der Waals surface area (Å²) in [5.74, 6) is -0.659. The van der Waals surface area contributed by atoms with Gasteiger partial charge in [0, 0.05) is 17.7 Å². The number of aryl methyl sites for hydroxylation is 1. The number of benzene rings is 2. The average molecular weight is 486 g/mol. The molecule has 1 atom stereocenters. The van der Waals surface area contributed by atoms with Crippen molar-refractivity contribution in [3.63, 3.8) is 0 Å². The second kappa shape index (κ2) is 9.00. The molecule has 7 nitrogen and oxygen atoms in total. The Morgan fingerprint density at radius 2 is 1.82 bits per heavy atom. The van der Waals surface area contributed by atoms with Crippen molar-refractivity contribution < 1.29 is 18.9 Å². The number of halogens is 2. The summed E-state index contributed by atoms with van der Waals surface area (Å²) in [4.78, 5) is 37.3. The molecule has 2 aromatic carbocycles.